The molecule has 0 atom stereocenters. The summed E-state index contributed by atoms with van der Waals surface area (Å²) in [6.45, 7) is 2.13. The van der Waals surface area contributed by atoms with Crippen molar-refractivity contribution in [3.63, 3.8) is 0 Å². The normalized spacial score (nSPS) is 12.6. The third-order valence-corrected chi connectivity index (χ3v) is 8.34. The monoisotopic (exact) mass is 597 g/mol. The quantitative estimate of drug-likeness (QED) is 0.181. The Morgan fingerprint density at radius 2 is 1.02 bits per heavy atom. The molecular formula is C39H27N5O2. The summed E-state index contributed by atoms with van der Waals surface area (Å²) in [5.74, 6) is 3.46. The van der Waals surface area contributed by atoms with Crippen LogP contribution < -0.4 is 9.47 Å². The first-order chi connectivity index (χ1) is 22.6. The lowest BCUT2D eigenvalue weighted by Crippen LogP contribution is -2.26. The van der Waals surface area contributed by atoms with Crippen LogP contribution in [0.5, 0.6) is 23.0 Å². The van der Waals surface area contributed by atoms with Gasteiger partial charge >= 0.3 is 0 Å². The highest BCUT2D eigenvalue weighted by Crippen LogP contribution is 2.53. The number of fused-ring (bicyclic) bond motifs is 3. The summed E-state index contributed by atoms with van der Waals surface area (Å²) in [4.78, 5) is 13.6. The Kier molecular flexibility index (Phi) is 6.76. The van der Waals surface area contributed by atoms with Crippen molar-refractivity contribution >= 4 is 0 Å². The minimum Gasteiger partial charge on any atom is -0.457 e. The Labute approximate surface area is 266 Å². The molecule has 0 spiro atoms. The van der Waals surface area contributed by atoms with Crippen LogP contribution in [0.3, 0.4) is 0 Å². The molecule has 0 bridgehead atoms. The topological polar surface area (TPSA) is 82.9 Å². The standard InChI is InChI=1S/C39H27N5O2/c1-39(38-42-20-21-43-44-38)34-24-30(45-28-10-6-8-26(22-28)36-12-2-4-18-40-36)14-16-32(34)33-17-15-31(25-35(33)39)46-29-11-7-9-27(23-29)37-13-3-5-19-41-37/h2-25H,1H3. The molecule has 0 saturated heterocycles. The van der Waals surface area contributed by atoms with Crippen LogP contribution in [0.15, 0.2) is 146 Å². The van der Waals surface area contributed by atoms with Crippen LogP contribution in [0.2, 0.25) is 0 Å². The molecule has 0 N–H and O–H groups in total. The highest BCUT2D eigenvalue weighted by molar-refractivity contribution is 5.84. The van der Waals surface area contributed by atoms with Crippen molar-refractivity contribution in [2.45, 2.75) is 12.3 Å². The molecule has 220 valence electrons. The molecule has 0 saturated carbocycles. The number of benzene rings is 4. The minimum atomic E-state index is -0.705. The summed E-state index contributed by atoms with van der Waals surface area (Å²) in [5.41, 5.74) is 7.28. The van der Waals surface area contributed by atoms with E-state index in [2.05, 4.69) is 56.3 Å². The fourth-order valence-corrected chi connectivity index (χ4v) is 6.11. The molecule has 0 amide bonds. The maximum Gasteiger partial charge on any atom is 0.165 e. The molecule has 3 aromatic heterocycles. The summed E-state index contributed by atoms with van der Waals surface area (Å²) in [5, 5.41) is 8.68. The van der Waals surface area contributed by atoms with Gasteiger partial charge < -0.3 is 9.47 Å². The molecule has 0 radical (unpaired) electrons. The maximum atomic E-state index is 6.43. The fourth-order valence-electron chi connectivity index (χ4n) is 6.11. The van der Waals surface area contributed by atoms with Gasteiger partial charge in [-0.2, -0.15) is 5.10 Å². The van der Waals surface area contributed by atoms with Crippen LogP contribution in [-0.4, -0.2) is 25.1 Å². The third kappa shape index (κ3) is 4.94. The van der Waals surface area contributed by atoms with Gasteiger partial charge in [-0.3, -0.25) is 9.97 Å². The van der Waals surface area contributed by atoms with E-state index in [1.165, 1.54) is 0 Å². The van der Waals surface area contributed by atoms with Crippen molar-refractivity contribution < 1.29 is 9.47 Å². The van der Waals surface area contributed by atoms with Crippen LogP contribution in [0, 0.1) is 0 Å². The van der Waals surface area contributed by atoms with E-state index in [1.54, 1.807) is 24.8 Å². The average Bonchev–Trinajstić information content (AvgIpc) is 3.37. The molecule has 0 fully saturated rings. The van der Waals surface area contributed by atoms with Gasteiger partial charge in [0, 0.05) is 29.7 Å². The molecule has 0 aliphatic heterocycles. The van der Waals surface area contributed by atoms with Crippen molar-refractivity contribution in [3.8, 4) is 56.6 Å². The van der Waals surface area contributed by atoms with Crippen LogP contribution in [-0.2, 0) is 5.41 Å². The Morgan fingerprint density at radius 3 is 1.50 bits per heavy atom. The highest BCUT2D eigenvalue weighted by atomic mass is 16.5. The Bertz CT molecular complexity index is 2040. The molecule has 7 heteroatoms. The number of aromatic nitrogens is 5. The summed E-state index contributed by atoms with van der Waals surface area (Å²) < 4.78 is 12.9. The molecule has 1 aliphatic carbocycles. The van der Waals surface area contributed by atoms with E-state index in [0.717, 1.165) is 56.3 Å². The number of nitrogens with zero attached hydrogens (tertiary/aromatic N) is 5. The second-order valence-electron chi connectivity index (χ2n) is 11.2. The van der Waals surface area contributed by atoms with Gasteiger partial charge in [0.25, 0.3) is 0 Å². The second-order valence-corrected chi connectivity index (χ2v) is 11.2. The second kappa shape index (κ2) is 11.4. The zero-order valence-electron chi connectivity index (χ0n) is 24.9. The van der Waals surface area contributed by atoms with E-state index in [4.69, 9.17) is 9.47 Å². The van der Waals surface area contributed by atoms with Crippen molar-refractivity contribution in [3.05, 3.63) is 163 Å². The number of hydrogen-bond donors (Lipinski definition) is 0. The smallest absolute Gasteiger partial charge is 0.165 e. The van der Waals surface area contributed by atoms with Gasteiger partial charge in [0.05, 0.1) is 23.0 Å². The first-order valence-corrected chi connectivity index (χ1v) is 15.0. The van der Waals surface area contributed by atoms with E-state index in [9.17, 15) is 0 Å². The summed E-state index contributed by atoms with van der Waals surface area (Å²) in [6, 6.07) is 40.0. The zero-order chi connectivity index (χ0) is 30.9. The van der Waals surface area contributed by atoms with Crippen LogP contribution >= 0.6 is 0 Å². The molecule has 3 heterocycles. The molecule has 7 nitrogen and oxygen atoms in total. The lowest BCUT2D eigenvalue weighted by atomic mass is 9.79. The highest BCUT2D eigenvalue weighted by Gasteiger charge is 2.44. The van der Waals surface area contributed by atoms with Gasteiger partial charge in [0.15, 0.2) is 5.82 Å². The van der Waals surface area contributed by atoms with E-state index < -0.39 is 5.41 Å². The van der Waals surface area contributed by atoms with E-state index >= 15 is 0 Å². The molecule has 46 heavy (non-hydrogen) atoms. The lowest BCUT2D eigenvalue weighted by Gasteiger charge is -2.25. The Morgan fingerprint density at radius 1 is 0.478 bits per heavy atom. The van der Waals surface area contributed by atoms with Crippen LogP contribution in [0.1, 0.15) is 23.9 Å². The summed E-state index contributed by atoms with van der Waals surface area (Å²) in [6.07, 6.45) is 6.85. The number of pyridine rings is 2. The van der Waals surface area contributed by atoms with Crippen molar-refractivity contribution in [2.75, 3.05) is 0 Å². The SMILES string of the molecule is CC1(c2nccnn2)c2cc(Oc3cccc(-c4ccccn4)c3)ccc2-c2ccc(Oc3cccc(-c4ccccn4)c3)cc21. The van der Waals surface area contributed by atoms with E-state index in [1.807, 2.05) is 97.1 Å². The number of ether oxygens (including phenoxy) is 2. The molecule has 7 aromatic rings. The average molecular weight is 598 g/mol. The van der Waals surface area contributed by atoms with Gasteiger partial charge in [-0.05, 0) is 102 Å². The van der Waals surface area contributed by atoms with Gasteiger partial charge in [-0.25, -0.2) is 4.98 Å². The first-order valence-electron chi connectivity index (χ1n) is 15.0. The molecular weight excluding hydrogens is 570 g/mol. The van der Waals surface area contributed by atoms with Crippen LogP contribution in [0.4, 0.5) is 0 Å². The predicted molar refractivity (Wildman–Crippen MR) is 177 cm³/mol. The largest absolute Gasteiger partial charge is 0.457 e. The van der Waals surface area contributed by atoms with Crippen LogP contribution in [0.25, 0.3) is 33.6 Å². The van der Waals surface area contributed by atoms with Crippen molar-refractivity contribution in [1.82, 2.24) is 25.1 Å². The number of rotatable bonds is 7. The summed E-state index contributed by atoms with van der Waals surface area (Å²) >= 11 is 0. The van der Waals surface area contributed by atoms with E-state index in [-0.39, 0.29) is 0 Å². The lowest BCUT2D eigenvalue weighted by molar-refractivity contribution is 0.479. The van der Waals surface area contributed by atoms with E-state index in [0.29, 0.717) is 17.3 Å². The maximum absolute atomic E-state index is 6.43. The molecule has 0 unspecified atom stereocenters. The summed E-state index contributed by atoms with van der Waals surface area (Å²) in [7, 11) is 0. The van der Waals surface area contributed by atoms with Crippen molar-refractivity contribution in [2.24, 2.45) is 0 Å². The minimum absolute atomic E-state index is 0.596. The van der Waals surface area contributed by atoms with Gasteiger partial charge in [0.1, 0.15) is 23.0 Å². The predicted octanol–water partition coefficient (Wildman–Crippen LogP) is 8.91. The number of hydrogen-bond acceptors (Lipinski definition) is 7. The Hall–Kier alpha value is -6.21. The fraction of sp³-hybridized carbons (Fsp3) is 0.0513. The van der Waals surface area contributed by atoms with Gasteiger partial charge in [-0.15, -0.1) is 5.10 Å². The zero-order valence-corrected chi connectivity index (χ0v) is 24.9. The van der Waals surface area contributed by atoms with Crippen molar-refractivity contribution in [1.29, 1.82) is 0 Å². The first kappa shape index (κ1) is 27.3. The Balaban J connectivity index is 1.16. The van der Waals surface area contributed by atoms with Gasteiger partial charge in [-0.1, -0.05) is 48.5 Å². The van der Waals surface area contributed by atoms with Gasteiger partial charge in [0.2, 0.25) is 0 Å². The third-order valence-electron chi connectivity index (χ3n) is 8.34. The molecule has 4 aromatic carbocycles. The molecule has 1 aliphatic rings. The molecule has 8 rings (SSSR count).